The van der Waals surface area contributed by atoms with Crippen molar-refractivity contribution in [3.63, 3.8) is 0 Å². The minimum atomic E-state index is -3.87. The number of aliphatic carboxylic acids is 2. The summed E-state index contributed by atoms with van der Waals surface area (Å²) in [6.07, 6.45) is -0.162. The summed E-state index contributed by atoms with van der Waals surface area (Å²) in [5.74, 6) is -6.83. The lowest BCUT2D eigenvalue weighted by atomic mass is 9.93. The Balaban J connectivity index is 2.37. The van der Waals surface area contributed by atoms with E-state index in [-0.39, 0.29) is 13.0 Å². The second-order valence-corrected chi connectivity index (χ2v) is 7.18. The largest absolute Gasteiger partial charge is 0.481 e. The summed E-state index contributed by atoms with van der Waals surface area (Å²) in [6, 6.07) is 0. The monoisotopic (exact) mass is 306 g/mol. The first-order valence-electron chi connectivity index (χ1n) is 5.86. The molecule has 1 saturated heterocycles. The van der Waals surface area contributed by atoms with E-state index in [1.165, 1.54) is 0 Å². The molecule has 1 heterocycles. The van der Waals surface area contributed by atoms with Gasteiger partial charge >= 0.3 is 11.9 Å². The van der Waals surface area contributed by atoms with Gasteiger partial charge in [-0.05, 0) is 0 Å². The molecule has 0 spiro atoms. The normalized spacial score (nSPS) is 37.0. The molecule has 20 heavy (non-hydrogen) atoms. The number of nitrogens with one attached hydrogen (secondary N) is 1. The van der Waals surface area contributed by atoms with Crippen molar-refractivity contribution in [1.29, 1.82) is 0 Å². The Morgan fingerprint density at radius 3 is 2.30 bits per heavy atom. The molecule has 0 bridgehead atoms. The Hall–Kier alpha value is -1.68. The standard InChI is InChI=1S/C10H14N2O7S/c11-2-1-4(13)12-10(9(16)17)3-20(18,19)7-5(6(7)10)8(14)15/h5-7H,1-3,11H2,(H,12,13)(H,14,15)(H,16,17)/t5-,6-,7+,10+/m1/s1. The summed E-state index contributed by atoms with van der Waals surface area (Å²) in [4.78, 5) is 34.0. The van der Waals surface area contributed by atoms with Crippen LogP contribution in [0.15, 0.2) is 0 Å². The van der Waals surface area contributed by atoms with Gasteiger partial charge in [-0.2, -0.15) is 0 Å². The predicted octanol–water partition coefficient (Wildman–Crippen LogP) is -2.60. The molecule has 0 unspecified atom stereocenters. The zero-order valence-electron chi connectivity index (χ0n) is 10.3. The number of carboxylic acids is 2. The Labute approximate surface area is 114 Å². The van der Waals surface area contributed by atoms with Crippen LogP contribution in [0.4, 0.5) is 0 Å². The summed E-state index contributed by atoms with van der Waals surface area (Å²) in [5.41, 5.74) is 3.11. The lowest BCUT2D eigenvalue weighted by Crippen LogP contribution is -2.59. The van der Waals surface area contributed by atoms with Gasteiger partial charge in [0.25, 0.3) is 0 Å². The van der Waals surface area contributed by atoms with Crippen molar-refractivity contribution >= 4 is 27.7 Å². The average Bonchev–Trinajstić information content (AvgIpc) is 2.99. The van der Waals surface area contributed by atoms with Crippen LogP contribution in [0.1, 0.15) is 6.42 Å². The van der Waals surface area contributed by atoms with Gasteiger partial charge in [-0.1, -0.05) is 0 Å². The van der Waals surface area contributed by atoms with Crippen LogP contribution in [-0.4, -0.2) is 59.6 Å². The highest BCUT2D eigenvalue weighted by Crippen LogP contribution is 2.57. The number of fused-ring (bicyclic) bond motifs is 1. The Bertz CT molecular complexity index is 586. The maximum absolute atomic E-state index is 11.9. The van der Waals surface area contributed by atoms with E-state index in [0.717, 1.165) is 0 Å². The van der Waals surface area contributed by atoms with Gasteiger partial charge in [0.15, 0.2) is 15.4 Å². The SMILES string of the molecule is NCCC(=O)N[C@@]1(C(=O)O)CS(=O)(=O)[C@H]2[C@H](C(=O)O)[C@H]21. The number of hydrogen-bond donors (Lipinski definition) is 4. The van der Waals surface area contributed by atoms with Gasteiger partial charge < -0.3 is 21.3 Å². The molecule has 0 aromatic rings. The summed E-state index contributed by atoms with van der Waals surface area (Å²) in [7, 11) is -3.87. The predicted molar refractivity (Wildman–Crippen MR) is 64.4 cm³/mol. The van der Waals surface area contributed by atoms with Crippen LogP contribution in [0.5, 0.6) is 0 Å². The van der Waals surface area contributed by atoms with Gasteiger partial charge in [0, 0.05) is 18.9 Å². The third-order valence-electron chi connectivity index (χ3n) is 3.77. The molecule has 0 aromatic carbocycles. The molecule has 0 radical (unpaired) electrons. The molecule has 10 heteroatoms. The van der Waals surface area contributed by atoms with Crippen molar-refractivity contribution in [1.82, 2.24) is 5.32 Å². The topological polar surface area (TPSA) is 164 Å². The first-order valence-corrected chi connectivity index (χ1v) is 7.58. The minimum Gasteiger partial charge on any atom is -0.481 e. The van der Waals surface area contributed by atoms with E-state index in [1.54, 1.807) is 0 Å². The van der Waals surface area contributed by atoms with Crippen LogP contribution >= 0.6 is 0 Å². The number of hydrogen-bond acceptors (Lipinski definition) is 6. The van der Waals surface area contributed by atoms with Crippen LogP contribution in [0.3, 0.4) is 0 Å². The number of amides is 1. The van der Waals surface area contributed by atoms with Crippen molar-refractivity contribution in [3.05, 3.63) is 0 Å². The fraction of sp³-hybridized carbons (Fsp3) is 0.700. The van der Waals surface area contributed by atoms with Crippen LogP contribution in [0.25, 0.3) is 0 Å². The molecule has 0 aromatic heterocycles. The maximum Gasteiger partial charge on any atom is 0.330 e. The highest BCUT2D eigenvalue weighted by Gasteiger charge is 2.79. The number of nitrogens with two attached hydrogens (primary N) is 1. The second kappa shape index (κ2) is 4.42. The molecule has 5 N–H and O–H groups in total. The third-order valence-corrected chi connectivity index (χ3v) is 6.04. The lowest BCUT2D eigenvalue weighted by Gasteiger charge is -2.27. The van der Waals surface area contributed by atoms with Crippen LogP contribution in [0.2, 0.25) is 0 Å². The van der Waals surface area contributed by atoms with E-state index >= 15 is 0 Å². The smallest absolute Gasteiger partial charge is 0.330 e. The third kappa shape index (κ3) is 1.95. The van der Waals surface area contributed by atoms with E-state index in [9.17, 15) is 27.9 Å². The molecule has 2 fully saturated rings. The molecule has 4 atom stereocenters. The maximum atomic E-state index is 11.9. The molecule has 112 valence electrons. The molecule has 1 aliphatic carbocycles. The van der Waals surface area contributed by atoms with Crippen LogP contribution in [-0.2, 0) is 24.2 Å². The van der Waals surface area contributed by atoms with Gasteiger partial charge in [0.2, 0.25) is 5.91 Å². The summed E-state index contributed by atoms with van der Waals surface area (Å²) < 4.78 is 23.7. The van der Waals surface area contributed by atoms with Gasteiger partial charge in [0.1, 0.15) is 0 Å². The summed E-state index contributed by atoms with van der Waals surface area (Å²) in [6.45, 7) is -0.0231. The number of carboxylic acid groups (broad SMARTS) is 2. The fourth-order valence-corrected chi connectivity index (χ4v) is 5.65. The van der Waals surface area contributed by atoms with Crippen molar-refractivity contribution in [3.8, 4) is 0 Å². The quantitative estimate of drug-likeness (QED) is 0.429. The highest BCUT2D eigenvalue weighted by molar-refractivity contribution is 7.92. The van der Waals surface area contributed by atoms with Crippen LogP contribution in [0, 0.1) is 11.8 Å². The fourth-order valence-electron chi connectivity index (χ4n) is 2.94. The Kier molecular flexibility index (Phi) is 3.25. The van der Waals surface area contributed by atoms with Gasteiger partial charge in [-0.15, -0.1) is 0 Å². The minimum absolute atomic E-state index is 0.0231. The highest BCUT2D eigenvalue weighted by atomic mass is 32.2. The first kappa shape index (κ1) is 14.7. The molecule has 1 saturated carbocycles. The zero-order valence-corrected chi connectivity index (χ0v) is 11.1. The molecular weight excluding hydrogens is 292 g/mol. The molecular formula is C10H14N2O7S. The van der Waals surface area contributed by atoms with E-state index in [1.807, 2.05) is 0 Å². The molecule has 9 nitrogen and oxygen atoms in total. The second-order valence-electron chi connectivity index (χ2n) is 5.02. The van der Waals surface area contributed by atoms with Crippen molar-refractivity contribution in [2.45, 2.75) is 17.2 Å². The average molecular weight is 306 g/mol. The Morgan fingerprint density at radius 1 is 1.30 bits per heavy atom. The van der Waals surface area contributed by atoms with Crippen molar-refractivity contribution in [2.75, 3.05) is 12.3 Å². The number of carbonyl (C=O) groups is 3. The number of carbonyl (C=O) groups excluding carboxylic acids is 1. The van der Waals surface area contributed by atoms with E-state index < -0.39 is 56.1 Å². The lowest BCUT2D eigenvalue weighted by molar-refractivity contribution is -0.148. The first-order chi connectivity index (χ1) is 9.17. The van der Waals surface area contributed by atoms with E-state index in [2.05, 4.69) is 5.32 Å². The van der Waals surface area contributed by atoms with Crippen molar-refractivity contribution in [2.24, 2.45) is 17.6 Å². The molecule has 1 amide bonds. The van der Waals surface area contributed by atoms with Crippen LogP contribution < -0.4 is 11.1 Å². The van der Waals surface area contributed by atoms with Gasteiger partial charge in [-0.3, -0.25) is 9.59 Å². The molecule has 2 aliphatic rings. The zero-order chi connectivity index (χ0) is 15.3. The molecule has 1 aliphatic heterocycles. The van der Waals surface area contributed by atoms with Crippen molar-refractivity contribution < 1.29 is 33.0 Å². The van der Waals surface area contributed by atoms with E-state index in [0.29, 0.717) is 0 Å². The van der Waals surface area contributed by atoms with Gasteiger partial charge in [0.05, 0.1) is 16.9 Å². The molecule has 2 rings (SSSR count). The van der Waals surface area contributed by atoms with Gasteiger partial charge in [-0.25, -0.2) is 13.2 Å². The summed E-state index contributed by atoms with van der Waals surface area (Å²) >= 11 is 0. The Morgan fingerprint density at radius 2 is 1.90 bits per heavy atom. The van der Waals surface area contributed by atoms with E-state index in [4.69, 9.17) is 10.8 Å². The summed E-state index contributed by atoms with van der Waals surface area (Å²) in [5, 5.41) is 19.2. The number of rotatable bonds is 5. The number of sulfone groups is 1.